The van der Waals surface area contributed by atoms with E-state index in [0.717, 1.165) is 44.6 Å². The molecule has 2 radical (unpaired) electrons. The van der Waals surface area contributed by atoms with Gasteiger partial charge in [0.25, 0.3) is 0 Å². The van der Waals surface area contributed by atoms with Crippen LogP contribution in [0, 0.1) is 0 Å². The number of hydrogen-bond donors (Lipinski definition) is 0. The molecular formula is C17H25BN2. The van der Waals surface area contributed by atoms with Crippen molar-refractivity contribution in [3.05, 3.63) is 48.0 Å². The lowest BCUT2D eigenvalue weighted by atomic mass is 9.97. The fourth-order valence-corrected chi connectivity index (χ4v) is 2.76. The van der Waals surface area contributed by atoms with E-state index in [1.165, 1.54) is 25.0 Å². The Bertz CT molecular complexity index is 401. The number of hydrogen-bond acceptors (Lipinski definition) is 2. The van der Waals surface area contributed by atoms with Crippen molar-refractivity contribution in [1.82, 2.24) is 9.80 Å². The number of allylic oxidation sites excluding steroid dienone is 6. The third-order valence-electron chi connectivity index (χ3n) is 3.88. The molecule has 0 atom stereocenters. The third-order valence-corrected chi connectivity index (χ3v) is 3.88. The van der Waals surface area contributed by atoms with Gasteiger partial charge in [0.1, 0.15) is 7.85 Å². The summed E-state index contributed by atoms with van der Waals surface area (Å²) in [6, 6.07) is 0. The zero-order chi connectivity index (χ0) is 14.2. The van der Waals surface area contributed by atoms with Crippen molar-refractivity contribution in [2.45, 2.75) is 19.3 Å². The summed E-state index contributed by atoms with van der Waals surface area (Å²) in [7, 11) is 5.67. The highest BCUT2D eigenvalue weighted by molar-refractivity contribution is 6.21. The average molecular weight is 268 g/mol. The smallest absolute Gasteiger partial charge is 0.108 e. The summed E-state index contributed by atoms with van der Waals surface area (Å²) < 4.78 is 0. The third kappa shape index (κ3) is 5.52. The lowest BCUT2D eigenvalue weighted by Gasteiger charge is -2.34. The Morgan fingerprint density at radius 1 is 1.15 bits per heavy atom. The van der Waals surface area contributed by atoms with Gasteiger partial charge in [-0.2, -0.15) is 0 Å². The molecule has 2 rings (SSSR count). The Hall–Kier alpha value is -1.06. The van der Waals surface area contributed by atoms with Crippen LogP contribution >= 0.6 is 0 Å². The van der Waals surface area contributed by atoms with E-state index in [-0.39, 0.29) is 0 Å². The molecule has 0 aromatic heterocycles. The summed E-state index contributed by atoms with van der Waals surface area (Å²) >= 11 is 0. The topological polar surface area (TPSA) is 6.48 Å². The van der Waals surface area contributed by atoms with Crippen molar-refractivity contribution in [1.29, 1.82) is 0 Å². The van der Waals surface area contributed by atoms with E-state index in [0.29, 0.717) is 0 Å². The van der Waals surface area contributed by atoms with Crippen LogP contribution in [-0.4, -0.2) is 56.9 Å². The molecule has 1 aliphatic heterocycles. The molecule has 1 fully saturated rings. The lowest BCUT2D eigenvalue weighted by Crippen LogP contribution is -2.47. The number of piperazine rings is 1. The van der Waals surface area contributed by atoms with Gasteiger partial charge in [-0.15, -0.1) is 12.1 Å². The molecule has 1 aliphatic carbocycles. The summed E-state index contributed by atoms with van der Waals surface area (Å²) in [5.74, 6) is 0. The Kier molecular flexibility index (Phi) is 6.35. The van der Waals surface area contributed by atoms with Gasteiger partial charge < -0.3 is 4.90 Å². The van der Waals surface area contributed by atoms with Crippen LogP contribution in [0.15, 0.2) is 48.0 Å². The van der Waals surface area contributed by atoms with Crippen molar-refractivity contribution in [3.8, 4) is 0 Å². The molecule has 3 heteroatoms. The Labute approximate surface area is 124 Å². The summed E-state index contributed by atoms with van der Waals surface area (Å²) in [5, 5.41) is 0. The van der Waals surface area contributed by atoms with E-state index in [1.54, 1.807) is 0 Å². The van der Waals surface area contributed by atoms with Crippen molar-refractivity contribution >= 4 is 7.85 Å². The molecule has 2 aliphatic rings. The summed E-state index contributed by atoms with van der Waals surface area (Å²) in [4.78, 5) is 4.95. The van der Waals surface area contributed by atoms with E-state index in [4.69, 9.17) is 7.85 Å². The molecule has 0 amide bonds. The van der Waals surface area contributed by atoms with E-state index >= 15 is 0 Å². The second-order valence-corrected chi connectivity index (χ2v) is 5.69. The minimum absolute atomic E-state index is 0.776. The summed E-state index contributed by atoms with van der Waals surface area (Å²) in [5.41, 5.74) is 2.23. The molecule has 106 valence electrons. The quantitative estimate of drug-likeness (QED) is 0.683. The SMILES string of the molecule is [B]C(=C)CN1CCN(CCCC2=CC=CCC=C2)CC1. The fraction of sp³-hybridized carbons (Fsp3) is 0.529. The first-order chi connectivity index (χ1) is 9.74. The molecular weight excluding hydrogens is 243 g/mol. The minimum atomic E-state index is 0.776. The van der Waals surface area contributed by atoms with Gasteiger partial charge in [0, 0.05) is 32.7 Å². The number of nitrogens with zero attached hydrogens (tertiary/aromatic N) is 2. The predicted octanol–water partition coefficient (Wildman–Crippen LogP) is 2.51. The van der Waals surface area contributed by atoms with Crippen LogP contribution in [0.3, 0.4) is 0 Å². The molecule has 0 N–H and O–H groups in total. The van der Waals surface area contributed by atoms with Gasteiger partial charge in [-0.05, 0) is 31.4 Å². The molecule has 2 nitrogen and oxygen atoms in total. The van der Waals surface area contributed by atoms with Crippen LogP contribution in [-0.2, 0) is 0 Å². The minimum Gasteiger partial charge on any atom is -0.301 e. The molecule has 0 aromatic rings. The molecule has 20 heavy (non-hydrogen) atoms. The summed E-state index contributed by atoms with van der Waals surface area (Å²) in [6.07, 6.45) is 14.6. The zero-order valence-corrected chi connectivity index (χ0v) is 12.4. The molecule has 0 spiro atoms. The first-order valence-corrected chi connectivity index (χ1v) is 7.64. The number of rotatable bonds is 6. The first kappa shape index (κ1) is 15.3. The van der Waals surface area contributed by atoms with E-state index in [9.17, 15) is 0 Å². The lowest BCUT2D eigenvalue weighted by molar-refractivity contribution is 0.141. The Balaban J connectivity index is 1.62. The van der Waals surface area contributed by atoms with Crippen LogP contribution in [0.5, 0.6) is 0 Å². The van der Waals surface area contributed by atoms with E-state index in [1.807, 2.05) is 0 Å². The molecule has 0 aromatic carbocycles. The average Bonchev–Trinajstić information content (AvgIpc) is 2.69. The van der Waals surface area contributed by atoms with Gasteiger partial charge in [-0.25, -0.2) is 0 Å². The van der Waals surface area contributed by atoms with Crippen molar-refractivity contribution in [2.24, 2.45) is 0 Å². The first-order valence-electron chi connectivity index (χ1n) is 7.64. The second kappa shape index (κ2) is 8.28. The van der Waals surface area contributed by atoms with Crippen LogP contribution < -0.4 is 0 Å². The van der Waals surface area contributed by atoms with Crippen LogP contribution in [0.4, 0.5) is 0 Å². The van der Waals surface area contributed by atoms with Crippen LogP contribution in [0.25, 0.3) is 0 Å². The Morgan fingerprint density at radius 2 is 1.90 bits per heavy atom. The van der Waals surface area contributed by atoms with Crippen molar-refractivity contribution in [2.75, 3.05) is 39.3 Å². The van der Waals surface area contributed by atoms with Gasteiger partial charge in [-0.3, -0.25) is 4.90 Å². The second-order valence-electron chi connectivity index (χ2n) is 5.69. The van der Waals surface area contributed by atoms with Crippen molar-refractivity contribution < 1.29 is 0 Å². The Morgan fingerprint density at radius 3 is 2.65 bits per heavy atom. The van der Waals surface area contributed by atoms with Gasteiger partial charge in [-0.1, -0.05) is 30.4 Å². The highest BCUT2D eigenvalue weighted by Gasteiger charge is 2.15. The van der Waals surface area contributed by atoms with Crippen LogP contribution in [0.2, 0.25) is 0 Å². The van der Waals surface area contributed by atoms with Gasteiger partial charge in [0.15, 0.2) is 0 Å². The van der Waals surface area contributed by atoms with Gasteiger partial charge >= 0.3 is 0 Å². The maximum absolute atomic E-state index is 5.67. The molecule has 1 heterocycles. The highest BCUT2D eigenvalue weighted by Crippen LogP contribution is 2.12. The standard InChI is InChI=1S/C17H25BN2/c1-16(18)15-20-13-11-19(12-14-20)10-6-9-17-7-4-2-3-5-8-17/h2,4-5,7-8H,1,3,6,9-15H2. The molecule has 0 saturated carbocycles. The maximum Gasteiger partial charge on any atom is 0.108 e. The molecule has 0 unspecified atom stereocenters. The highest BCUT2D eigenvalue weighted by atomic mass is 15.3. The zero-order valence-electron chi connectivity index (χ0n) is 12.4. The molecule has 0 bridgehead atoms. The van der Waals surface area contributed by atoms with Crippen molar-refractivity contribution in [3.63, 3.8) is 0 Å². The van der Waals surface area contributed by atoms with E-state index in [2.05, 4.69) is 46.8 Å². The largest absolute Gasteiger partial charge is 0.301 e. The normalized spacial score (nSPS) is 20.7. The predicted molar refractivity (Wildman–Crippen MR) is 88.0 cm³/mol. The van der Waals surface area contributed by atoms with E-state index < -0.39 is 0 Å². The maximum atomic E-state index is 5.67. The fourth-order valence-electron chi connectivity index (χ4n) is 2.76. The van der Waals surface area contributed by atoms with Gasteiger partial charge in [0.05, 0.1) is 0 Å². The van der Waals surface area contributed by atoms with Crippen LogP contribution in [0.1, 0.15) is 19.3 Å². The monoisotopic (exact) mass is 268 g/mol. The molecule has 1 saturated heterocycles. The van der Waals surface area contributed by atoms with Gasteiger partial charge in [0.2, 0.25) is 0 Å². The summed E-state index contributed by atoms with van der Waals surface area (Å²) in [6.45, 7) is 10.4.